The number of aromatic nitrogens is 4. The number of benzene rings is 1. The molecule has 5 rings (SSSR count). The number of aliphatic imine (C=N–C) groups is 1. The summed E-state index contributed by atoms with van der Waals surface area (Å²) in [6.07, 6.45) is 1.79. The van der Waals surface area contributed by atoms with Crippen molar-refractivity contribution in [3.63, 3.8) is 0 Å². The number of carbonyl (C=O) groups is 1. The molecule has 1 aromatic carbocycles. The smallest absolute Gasteiger partial charge is 0.265 e. The lowest BCUT2D eigenvalue weighted by molar-refractivity contribution is -0.120. The van der Waals surface area contributed by atoms with Crippen molar-refractivity contribution < 1.29 is 4.79 Å². The Morgan fingerprint density at radius 2 is 2.13 bits per heavy atom. The third kappa shape index (κ3) is 3.33. The Labute approximate surface area is 181 Å². The zero-order chi connectivity index (χ0) is 20.8. The maximum Gasteiger partial charge on any atom is 0.265 e. The Bertz CT molecular complexity index is 1260. The fourth-order valence-electron chi connectivity index (χ4n) is 3.62. The highest BCUT2D eigenvalue weighted by Gasteiger charge is 2.30. The zero-order valence-electron chi connectivity index (χ0n) is 16.6. The summed E-state index contributed by atoms with van der Waals surface area (Å²) in [5.41, 5.74) is 3.62. The van der Waals surface area contributed by atoms with Crippen LogP contribution in [0.25, 0.3) is 16.7 Å². The molecule has 0 radical (unpaired) electrons. The highest BCUT2D eigenvalue weighted by Crippen LogP contribution is 2.33. The molecule has 4 heterocycles. The molecular formula is C20H20N6O2S2. The van der Waals surface area contributed by atoms with Crippen LogP contribution < -0.4 is 10.9 Å². The SMILES string of the molecule is Cc1ccc(-n2ncc3c(=O)n4c(nc32)SCC4CC(=O)NC2=NCCS2)cc1C. The second-order valence-electron chi connectivity index (χ2n) is 7.38. The molecule has 1 amide bonds. The van der Waals surface area contributed by atoms with E-state index in [1.807, 2.05) is 25.1 Å². The molecule has 2 aliphatic rings. The second-order valence-corrected chi connectivity index (χ2v) is 9.45. The summed E-state index contributed by atoms with van der Waals surface area (Å²) >= 11 is 3.04. The quantitative estimate of drug-likeness (QED) is 0.629. The number of fused-ring (bicyclic) bond motifs is 2. The highest BCUT2D eigenvalue weighted by atomic mass is 32.2. The van der Waals surface area contributed by atoms with E-state index in [1.54, 1.807) is 27.2 Å². The maximum absolute atomic E-state index is 13.2. The monoisotopic (exact) mass is 440 g/mol. The van der Waals surface area contributed by atoms with Gasteiger partial charge in [-0.05, 0) is 37.1 Å². The number of hydrogen-bond donors (Lipinski definition) is 1. The summed E-state index contributed by atoms with van der Waals surface area (Å²) in [4.78, 5) is 34.6. The third-order valence-corrected chi connectivity index (χ3v) is 7.35. The molecule has 0 fully saturated rings. The van der Waals surface area contributed by atoms with E-state index in [-0.39, 0.29) is 23.9 Å². The van der Waals surface area contributed by atoms with Gasteiger partial charge in [0.2, 0.25) is 5.91 Å². The van der Waals surface area contributed by atoms with E-state index in [1.165, 1.54) is 17.3 Å². The van der Waals surface area contributed by atoms with Crippen molar-refractivity contribution in [2.24, 2.45) is 4.99 Å². The standard InChI is InChI=1S/C20H20N6O2S2/c1-11-3-4-13(7-12(11)2)26-17-15(9-22-26)18(28)25-14(10-30-20(25)24-17)8-16(27)23-19-21-5-6-29-19/h3-4,7,9,14H,5-6,8,10H2,1-2H3,(H,21,23,27). The van der Waals surface area contributed by atoms with Gasteiger partial charge in [0.1, 0.15) is 5.39 Å². The molecule has 2 aliphatic heterocycles. The Morgan fingerprint density at radius 3 is 2.90 bits per heavy atom. The van der Waals surface area contributed by atoms with Crippen LogP contribution in [0.2, 0.25) is 0 Å². The average molecular weight is 441 g/mol. The molecule has 1 N–H and O–H groups in total. The molecule has 1 unspecified atom stereocenters. The molecule has 0 bridgehead atoms. The summed E-state index contributed by atoms with van der Waals surface area (Å²) < 4.78 is 3.35. The van der Waals surface area contributed by atoms with Gasteiger partial charge in [-0.3, -0.25) is 19.1 Å². The van der Waals surface area contributed by atoms with E-state index in [2.05, 4.69) is 22.3 Å². The molecular weight excluding hydrogens is 420 g/mol. The Balaban J connectivity index is 1.48. The van der Waals surface area contributed by atoms with Crippen molar-refractivity contribution in [2.75, 3.05) is 18.1 Å². The third-order valence-electron chi connectivity index (χ3n) is 5.36. The molecule has 8 nitrogen and oxygen atoms in total. The van der Waals surface area contributed by atoms with Crippen LogP contribution in [0, 0.1) is 13.8 Å². The summed E-state index contributed by atoms with van der Waals surface area (Å²) in [5.74, 6) is 1.40. The van der Waals surface area contributed by atoms with Crippen LogP contribution in [-0.2, 0) is 4.79 Å². The Hall–Kier alpha value is -2.59. The molecule has 2 aromatic heterocycles. The van der Waals surface area contributed by atoms with Crippen molar-refractivity contribution >= 4 is 45.6 Å². The second kappa shape index (κ2) is 7.59. The minimum Gasteiger partial charge on any atom is -0.305 e. The number of thioether (sulfide) groups is 2. The first-order valence-electron chi connectivity index (χ1n) is 9.69. The number of amides is 1. The number of amidine groups is 1. The number of hydrogen-bond acceptors (Lipinski definition) is 7. The highest BCUT2D eigenvalue weighted by molar-refractivity contribution is 8.14. The topological polar surface area (TPSA) is 94.2 Å². The van der Waals surface area contributed by atoms with E-state index in [4.69, 9.17) is 4.98 Å². The van der Waals surface area contributed by atoms with Crippen LogP contribution in [0.4, 0.5) is 0 Å². The van der Waals surface area contributed by atoms with Gasteiger partial charge >= 0.3 is 0 Å². The summed E-state index contributed by atoms with van der Waals surface area (Å²) in [6, 6.07) is 5.82. The Kier molecular flexibility index (Phi) is 4.90. The van der Waals surface area contributed by atoms with E-state index in [0.29, 0.717) is 27.1 Å². The van der Waals surface area contributed by atoms with Gasteiger partial charge in [0.25, 0.3) is 5.56 Å². The van der Waals surface area contributed by atoms with Crippen molar-refractivity contribution in [1.29, 1.82) is 0 Å². The van der Waals surface area contributed by atoms with E-state index in [9.17, 15) is 9.59 Å². The molecule has 154 valence electrons. The van der Waals surface area contributed by atoms with E-state index >= 15 is 0 Å². The predicted molar refractivity (Wildman–Crippen MR) is 120 cm³/mol. The lowest BCUT2D eigenvalue weighted by Gasteiger charge is -2.13. The Morgan fingerprint density at radius 1 is 1.27 bits per heavy atom. The normalized spacial score (nSPS) is 17.9. The van der Waals surface area contributed by atoms with Crippen LogP contribution in [0.3, 0.4) is 0 Å². The fourth-order valence-corrected chi connectivity index (χ4v) is 5.50. The first kappa shape index (κ1) is 19.4. The molecule has 0 saturated heterocycles. The van der Waals surface area contributed by atoms with Gasteiger partial charge in [-0.15, -0.1) is 0 Å². The summed E-state index contributed by atoms with van der Waals surface area (Å²) in [7, 11) is 0. The van der Waals surface area contributed by atoms with Gasteiger partial charge in [0, 0.05) is 17.9 Å². The number of nitrogens with zero attached hydrogens (tertiary/aromatic N) is 5. The van der Waals surface area contributed by atoms with Crippen LogP contribution in [-0.4, -0.2) is 48.5 Å². The van der Waals surface area contributed by atoms with Gasteiger partial charge < -0.3 is 5.32 Å². The van der Waals surface area contributed by atoms with Gasteiger partial charge in [-0.1, -0.05) is 29.6 Å². The number of rotatable bonds is 3. The lowest BCUT2D eigenvalue weighted by Crippen LogP contribution is -2.32. The van der Waals surface area contributed by atoms with Crippen molar-refractivity contribution in [1.82, 2.24) is 24.6 Å². The molecule has 10 heteroatoms. The van der Waals surface area contributed by atoms with Crippen LogP contribution in [0.1, 0.15) is 23.6 Å². The predicted octanol–water partition coefficient (Wildman–Crippen LogP) is 2.45. The molecule has 0 saturated carbocycles. The van der Waals surface area contributed by atoms with Gasteiger partial charge in [-0.2, -0.15) is 5.10 Å². The van der Waals surface area contributed by atoms with E-state index in [0.717, 1.165) is 23.5 Å². The zero-order valence-corrected chi connectivity index (χ0v) is 18.2. The first-order valence-corrected chi connectivity index (χ1v) is 11.7. The summed E-state index contributed by atoms with van der Waals surface area (Å²) in [6.45, 7) is 4.84. The van der Waals surface area contributed by atoms with Gasteiger partial charge in [0.05, 0.1) is 24.5 Å². The van der Waals surface area contributed by atoms with Crippen LogP contribution >= 0.6 is 23.5 Å². The van der Waals surface area contributed by atoms with Crippen molar-refractivity contribution in [3.05, 3.63) is 45.9 Å². The van der Waals surface area contributed by atoms with Gasteiger partial charge in [-0.25, -0.2) is 9.67 Å². The molecule has 1 atom stereocenters. The largest absolute Gasteiger partial charge is 0.305 e. The fraction of sp³-hybridized carbons (Fsp3) is 0.350. The van der Waals surface area contributed by atoms with Gasteiger partial charge in [0.15, 0.2) is 16.0 Å². The molecule has 3 aromatic rings. The van der Waals surface area contributed by atoms with Crippen molar-refractivity contribution in [3.8, 4) is 5.69 Å². The van der Waals surface area contributed by atoms with Crippen molar-refractivity contribution in [2.45, 2.75) is 31.5 Å². The van der Waals surface area contributed by atoms with Crippen LogP contribution in [0.15, 0.2) is 39.3 Å². The number of nitrogens with one attached hydrogen (secondary N) is 1. The number of carbonyl (C=O) groups excluding carboxylic acids is 1. The minimum atomic E-state index is -0.230. The molecule has 30 heavy (non-hydrogen) atoms. The number of aryl methyl sites for hydroxylation is 2. The first-order chi connectivity index (χ1) is 14.5. The minimum absolute atomic E-state index is 0.126. The maximum atomic E-state index is 13.2. The van der Waals surface area contributed by atoms with Crippen LogP contribution in [0.5, 0.6) is 0 Å². The lowest BCUT2D eigenvalue weighted by atomic mass is 10.1. The molecule has 0 spiro atoms. The average Bonchev–Trinajstić information content (AvgIpc) is 3.45. The van der Waals surface area contributed by atoms with E-state index < -0.39 is 0 Å². The summed E-state index contributed by atoms with van der Waals surface area (Å²) in [5, 5.41) is 9.02. The molecule has 0 aliphatic carbocycles.